The molecule has 1 aliphatic rings. The van der Waals surface area contributed by atoms with Gasteiger partial charge in [0, 0.05) is 26.2 Å². The Hall–Kier alpha value is -0.520. The van der Waals surface area contributed by atoms with Crippen LogP contribution in [0.4, 0.5) is 5.95 Å². The summed E-state index contributed by atoms with van der Waals surface area (Å²) in [6, 6.07) is 0. The Labute approximate surface area is 89.1 Å². The van der Waals surface area contributed by atoms with Crippen molar-refractivity contribution in [2.24, 2.45) is 0 Å². The Morgan fingerprint density at radius 3 is 2.46 bits per heavy atom. The van der Waals surface area contributed by atoms with E-state index in [9.17, 15) is 0 Å². The van der Waals surface area contributed by atoms with Gasteiger partial charge in [0.05, 0.1) is 0 Å². The zero-order chi connectivity index (χ0) is 7.52. The number of halogens is 2. The molecule has 0 amide bonds. The second-order valence-electron chi connectivity index (χ2n) is 2.55. The molecule has 5 nitrogen and oxygen atoms in total. The van der Waals surface area contributed by atoms with Crippen LogP contribution >= 0.6 is 24.8 Å². The number of anilines is 1. The summed E-state index contributed by atoms with van der Waals surface area (Å²) in [7, 11) is 0. The van der Waals surface area contributed by atoms with Crippen molar-refractivity contribution < 1.29 is 0 Å². The molecule has 0 aromatic carbocycles. The fourth-order valence-electron chi connectivity index (χ4n) is 1.23. The van der Waals surface area contributed by atoms with Gasteiger partial charge >= 0.3 is 0 Å². The maximum Gasteiger partial charge on any atom is 0.221 e. The number of H-pyrrole nitrogens is 1. The van der Waals surface area contributed by atoms with Crippen LogP contribution in [0.2, 0.25) is 0 Å². The van der Waals surface area contributed by atoms with Crippen LogP contribution in [0.3, 0.4) is 0 Å². The summed E-state index contributed by atoms with van der Waals surface area (Å²) < 4.78 is 0. The maximum absolute atomic E-state index is 4.07. The van der Waals surface area contributed by atoms with E-state index in [-0.39, 0.29) is 24.8 Å². The quantitative estimate of drug-likeness (QED) is 0.710. The number of nitrogens with zero attached hydrogens (tertiary/aromatic N) is 3. The van der Waals surface area contributed by atoms with E-state index < -0.39 is 0 Å². The standard InChI is InChI=1S/C6H11N5.2ClH/c1-3-11(4-2-7-1)6-8-5-9-10-6;;/h5,7H,1-4H2,(H,8,9,10);2*1H. The van der Waals surface area contributed by atoms with Gasteiger partial charge in [-0.15, -0.1) is 24.8 Å². The monoisotopic (exact) mass is 225 g/mol. The summed E-state index contributed by atoms with van der Waals surface area (Å²) in [6.45, 7) is 4.08. The smallest absolute Gasteiger partial charge is 0.221 e. The van der Waals surface area contributed by atoms with Crippen molar-refractivity contribution in [2.45, 2.75) is 0 Å². The van der Waals surface area contributed by atoms with Crippen molar-refractivity contribution >= 4 is 30.8 Å². The number of piperazine rings is 1. The van der Waals surface area contributed by atoms with Crippen LogP contribution in [0.5, 0.6) is 0 Å². The highest BCUT2D eigenvalue weighted by atomic mass is 35.5. The van der Waals surface area contributed by atoms with E-state index >= 15 is 0 Å². The molecule has 0 saturated carbocycles. The molecule has 0 radical (unpaired) electrons. The van der Waals surface area contributed by atoms with Gasteiger partial charge < -0.3 is 10.2 Å². The summed E-state index contributed by atoms with van der Waals surface area (Å²) >= 11 is 0. The predicted molar refractivity (Wildman–Crippen MR) is 56.0 cm³/mol. The number of aromatic amines is 1. The minimum atomic E-state index is 0. The van der Waals surface area contributed by atoms with E-state index in [1.54, 1.807) is 0 Å². The summed E-state index contributed by atoms with van der Waals surface area (Å²) in [4.78, 5) is 6.26. The fourth-order valence-corrected chi connectivity index (χ4v) is 1.23. The number of nitrogens with one attached hydrogen (secondary N) is 2. The zero-order valence-corrected chi connectivity index (χ0v) is 8.70. The van der Waals surface area contributed by atoms with Crippen molar-refractivity contribution in [3.63, 3.8) is 0 Å². The van der Waals surface area contributed by atoms with Crippen LogP contribution in [-0.4, -0.2) is 41.4 Å². The average molecular weight is 226 g/mol. The minimum Gasteiger partial charge on any atom is -0.339 e. The Morgan fingerprint density at radius 2 is 1.92 bits per heavy atom. The third kappa shape index (κ3) is 3.02. The SMILES string of the molecule is Cl.Cl.c1n[nH]c(N2CCNCC2)n1. The Bertz CT molecular complexity index is 209. The van der Waals surface area contributed by atoms with Gasteiger partial charge in [0.2, 0.25) is 5.95 Å². The third-order valence-corrected chi connectivity index (χ3v) is 1.82. The van der Waals surface area contributed by atoms with Gasteiger partial charge in [-0.1, -0.05) is 0 Å². The molecule has 1 aliphatic heterocycles. The van der Waals surface area contributed by atoms with Crippen molar-refractivity contribution in [2.75, 3.05) is 31.1 Å². The molecule has 1 fully saturated rings. The first-order chi connectivity index (χ1) is 5.47. The number of rotatable bonds is 1. The molecule has 0 bridgehead atoms. The normalized spacial score (nSPS) is 15.8. The molecule has 2 heterocycles. The molecule has 2 rings (SSSR count). The lowest BCUT2D eigenvalue weighted by molar-refractivity contribution is 0.580. The molecular weight excluding hydrogens is 213 g/mol. The molecule has 76 valence electrons. The van der Waals surface area contributed by atoms with Crippen LogP contribution in [0, 0.1) is 0 Å². The number of hydrogen-bond acceptors (Lipinski definition) is 4. The maximum atomic E-state index is 4.07. The molecule has 13 heavy (non-hydrogen) atoms. The van der Waals surface area contributed by atoms with Gasteiger partial charge in [-0.2, -0.15) is 10.1 Å². The number of hydrogen-bond donors (Lipinski definition) is 2. The van der Waals surface area contributed by atoms with E-state index in [0.29, 0.717) is 0 Å². The molecule has 1 saturated heterocycles. The van der Waals surface area contributed by atoms with E-state index in [0.717, 1.165) is 32.1 Å². The van der Waals surface area contributed by atoms with Crippen LogP contribution in [0.25, 0.3) is 0 Å². The molecule has 0 atom stereocenters. The van der Waals surface area contributed by atoms with E-state index in [4.69, 9.17) is 0 Å². The first-order valence-corrected chi connectivity index (χ1v) is 3.78. The summed E-state index contributed by atoms with van der Waals surface area (Å²) in [5, 5.41) is 9.92. The highest BCUT2D eigenvalue weighted by molar-refractivity contribution is 5.85. The third-order valence-electron chi connectivity index (χ3n) is 1.82. The lowest BCUT2D eigenvalue weighted by Gasteiger charge is -2.26. The summed E-state index contributed by atoms with van der Waals surface area (Å²) in [6.07, 6.45) is 1.54. The van der Waals surface area contributed by atoms with Crippen LogP contribution in [0.15, 0.2) is 6.33 Å². The van der Waals surface area contributed by atoms with Crippen LogP contribution in [0.1, 0.15) is 0 Å². The Kier molecular flexibility index (Phi) is 5.77. The van der Waals surface area contributed by atoms with Gasteiger partial charge in [-0.3, -0.25) is 0 Å². The summed E-state index contributed by atoms with van der Waals surface area (Å²) in [5.74, 6) is 0.881. The lowest BCUT2D eigenvalue weighted by Crippen LogP contribution is -2.44. The second-order valence-corrected chi connectivity index (χ2v) is 2.55. The van der Waals surface area contributed by atoms with Gasteiger partial charge in [0.25, 0.3) is 0 Å². The van der Waals surface area contributed by atoms with Crippen molar-refractivity contribution in [1.82, 2.24) is 20.5 Å². The molecular formula is C6H13Cl2N5. The molecule has 7 heteroatoms. The predicted octanol–water partition coefficient (Wildman–Crippen LogP) is 0.0579. The van der Waals surface area contributed by atoms with Gasteiger partial charge in [0.1, 0.15) is 6.33 Å². The molecule has 1 aromatic rings. The largest absolute Gasteiger partial charge is 0.339 e. The molecule has 0 spiro atoms. The highest BCUT2D eigenvalue weighted by Crippen LogP contribution is 2.03. The van der Waals surface area contributed by atoms with Crippen molar-refractivity contribution in [1.29, 1.82) is 0 Å². The highest BCUT2D eigenvalue weighted by Gasteiger charge is 2.11. The minimum absolute atomic E-state index is 0. The first-order valence-electron chi connectivity index (χ1n) is 3.78. The van der Waals surface area contributed by atoms with E-state index in [1.807, 2.05) is 0 Å². The topological polar surface area (TPSA) is 56.8 Å². The van der Waals surface area contributed by atoms with E-state index in [1.165, 1.54) is 6.33 Å². The van der Waals surface area contributed by atoms with Crippen LogP contribution < -0.4 is 10.2 Å². The Balaban J connectivity index is 0.000000720. The molecule has 2 N–H and O–H groups in total. The average Bonchev–Trinajstić information content (AvgIpc) is 2.58. The molecule has 0 aliphatic carbocycles. The first kappa shape index (κ1) is 12.5. The fraction of sp³-hybridized carbons (Fsp3) is 0.667. The molecule has 1 aromatic heterocycles. The second kappa shape index (κ2) is 6.01. The van der Waals surface area contributed by atoms with Crippen LogP contribution in [-0.2, 0) is 0 Å². The van der Waals surface area contributed by atoms with E-state index in [2.05, 4.69) is 25.4 Å². The number of aromatic nitrogens is 3. The van der Waals surface area contributed by atoms with Gasteiger partial charge in [-0.25, -0.2) is 5.10 Å². The van der Waals surface area contributed by atoms with Crippen molar-refractivity contribution in [3.05, 3.63) is 6.33 Å². The lowest BCUT2D eigenvalue weighted by atomic mass is 10.4. The van der Waals surface area contributed by atoms with Gasteiger partial charge in [-0.05, 0) is 0 Å². The molecule has 0 unspecified atom stereocenters. The van der Waals surface area contributed by atoms with Gasteiger partial charge in [0.15, 0.2) is 0 Å². The zero-order valence-electron chi connectivity index (χ0n) is 7.06. The Morgan fingerprint density at radius 1 is 1.23 bits per heavy atom. The summed E-state index contributed by atoms with van der Waals surface area (Å²) in [5.41, 5.74) is 0. The van der Waals surface area contributed by atoms with Crippen molar-refractivity contribution in [3.8, 4) is 0 Å².